The number of rotatable bonds is 13. The molecular weight excluding hydrogens is 562 g/mol. The van der Waals surface area contributed by atoms with E-state index in [0.717, 1.165) is 21.7 Å². The summed E-state index contributed by atoms with van der Waals surface area (Å²) in [5.41, 5.74) is 2.61. The average Bonchev–Trinajstić information content (AvgIpc) is 2.93. The minimum Gasteiger partial charge on any atom is -0.495 e. The van der Waals surface area contributed by atoms with Gasteiger partial charge in [0.2, 0.25) is 21.8 Å². The molecule has 220 valence electrons. The Morgan fingerprint density at radius 3 is 2.29 bits per heavy atom. The van der Waals surface area contributed by atoms with Crippen LogP contribution in [0, 0.1) is 6.92 Å². The number of methoxy groups -OCH3 is 1. The lowest BCUT2D eigenvalue weighted by Crippen LogP contribution is -2.54. The van der Waals surface area contributed by atoms with Crippen LogP contribution in [0.3, 0.4) is 0 Å². The molecule has 0 bridgehead atoms. The molecule has 3 aromatic rings. The van der Waals surface area contributed by atoms with E-state index in [0.29, 0.717) is 22.8 Å². The van der Waals surface area contributed by atoms with E-state index in [-0.39, 0.29) is 30.6 Å². The van der Waals surface area contributed by atoms with Crippen molar-refractivity contribution in [2.75, 3.05) is 24.2 Å². The number of benzene rings is 3. The van der Waals surface area contributed by atoms with Gasteiger partial charge in [0.05, 0.1) is 19.1 Å². The molecule has 0 aliphatic carbocycles. The van der Waals surface area contributed by atoms with Crippen LogP contribution < -0.4 is 14.4 Å². The highest BCUT2D eigenvalue weighted by Gasteiger charge is 2.34. The molecule has 0 heterocycles. The van der Waals surface area contributed by atoms with Crippen LogP contribution >= 0.6 is 11.6 Å². The first-order valence-corrected chi connectivity index (χ1v) is 15.7. The molecule has 3 aromatic carbocycles. The van der Waals surface area contributed by atoms with Gasteiger partial charge in [0.25, 0.3) is 0 Å². The third kappa shape index (κ3) is 8.96. The first kappa shape index (κ1) is 32.0. The molecule has 8 nitrogen and oxygen atoms in total. The van der Waals surface area contributed by atoms with Crippen molar-refractivity contribution in [1.29, 1.82) is 0 Å². The van der Waals surface area contributed by atoms with Crippen molar-refractivity contribution in [3.8, 4) is 5.75 Å². The number of anilines is 1. The standard InChI is InChI=1S/C31H38ClN3O5S/c1-6-23(3)33-31(37)28(19-24-11-8-7-9-12-24)34(20-25-13-10-14-26(32)18-25)30(36)21-35(41(5,38)39)27-17-22(2)15-16-29(27)40-4/h7-18,23,28H,6,19-21H2,1-5H3,(H,33,37). The van der Waals surface area contributed by atoms with Crippen LogP contribution in [0.25, 0.3) is 0 Å². The summed E-state index contributed by atoms with van der Waals surface area (Å²) in [4.78, 5) is 29.4. The minimum absolute atomic E-state index is 0.0490. The highest BCUT2D eigenvalue weighted by atomic mass is 35.5. The number of nitrogens with one attached hydrogen (secondary N) is 1. The minimum atomic E-state index is -3.92. The van der Waals surface area contributed by atoms with Crippen LogP contribution in [-0.2, 0) is 32.6 Å². The quantitative estimate of drug-likeness (QED) is 0.299. The number of ether oxygens (including phenoxy) is 1. The van der Waals surface area contributed by atoms with Gasteiger partial charge in [0.15, 0.2) is 0 Å². The van der Waals surface area contributed by atoms with E-state index in [1.807, 2.05) is 57.2 Å². The van der Waals surface area contributed by atoms with E-state index in [2.05, 4.69) is 5.32 Å². The highest BCUT2D eigenvalue weighted by Crippen LogP contribution is 2.31. The van der Waals surface area contributed by atoms with Crippen molar-refractivity contribution in [2.24, 2.45) is 0 Å². The van der Waals surface area contributed by atoms with E-state index >= 15 is 0 Å². The molecule has 0 saturated heterocycles. The predicted molar refractivity (Wildman–Crippen MR) is 164 cm³/mol. The summed E-state index contributed by atoms with van der Waals surface area (Å²) >= 11 is 6.26. The van der Waals surface area contributed by atoms with E-state index in [1.54, 1.807) is 36.4 Å². The Morgan fingerprint density at radius 1 is 1.00 bits per heavy atom. The maximum Gasteiger partial charge on any atom is 0.244 e. The zero-order chi connectivity index (χ0) is 30.2. The third-order valence-corrected chi connectivity index (χ3v) is 8.16. The van der Waals surface area contributed by atoms with Gasteiger partial charge in [-0.3, -0.25) is 13.9 Å². The van der Waals surface area contributed by atoms with Gasteiger partial charge in [-0.15, -0.1) is 0 Å². The number of hydrogen-bond donors (Lipinski definition) is 1. The third-order valence-electron chi connectivity index (χ3n) is 6.80. The number of sulfonamides is 1. The second-order valence-corrected chi connectivity index (χ2v) is 12.5. The van der Waals surface area contributed by atoms with Gasteiger partial charge in [-0.1, -0.05) is 67.1 Å². The summed E-state index contributed by atoms with van der Waals surface area (Å²) in [6.45, 7) is 5.21. The summed E-state index contributed by atoms with van der Waals surface area (Å²) < 4.78 is 32.6. The van der Waals surface area contributed by atoms with Gasteiger partial charge in [-0.2, -0.15) is 0 Å². The highest BCUT2D eigenvalue weighted by molar-refractivity contribution is 7.92. The summed E-state index contributed by atoms with van der Waals surface area (Å²) in [6, 6.07) is 20.5. The van der Waals surface area contributed by atoms with Crippen molar-refractivity contribution in [2.45, 2.75) is 52.2 Å². The molecule has 3 rings (SSSR count). The second-order valence-electron chi connectivity index (χ2n) is 10.1. The molecule has 1 N–H and O–H groups in total. The maximum absolute atomic E-state index is 14.2. The monoisotopic (exact) mass is 599 g/mol. The molecule has 2 unspecified atom stereocenters. The Kier molecular flexibility index (Phi) is 11.2. The fourth-order valence-electron chi connectivity index (χ4n) is 4.42. The Morgan fingerprint density at radius 2 is 1.68 bits per heavy atom. The fraction of sp³-hybridized carbons (Fsp3) is 0.355. The average molecular weight is 600 g/mol. The molecule has 0 aromatic heterocycles. The first-order chi connectivity index (χ1) is 19.4. The van der Waals surface area contributed by atoms with Crippen molar-refractivity contribution < 1.29 is 22.7 Å². The summed E-state index contributed by atoms with van der Waals surface area (Å²) in [5, 5.41) is 3.50. The van der Waals surface area contributed by atoms with E-state index in [1.165, 1.54) is 12.0 Å². The van der Waals surface area contributed by atoms with Crippen LogP contribution in [0.15, 0.2) is 72.8 Å². The van der Waals surface area contributed by atoms with Crippen LogP contribution in [-0.4, -0.2) is 57.1 Å². The largest absolute Gasteiger partial charge is 0.495 e. The van der Waals surface area contributed by atoms with E-state index < -0.39 is 28.5 Å². The Hall–Kier alpha value is -3.56. The van der Waals surface area contributed by atoms with Crippen LogP contribution in [0.2, 0.25) is 5.02 Å². The van der Waals surface area contributed by atoms with Gasteiger partial charge in [-0.05, 0) is 61.2 Å². The zero-order valence-electron chi connectivity index (χ0n) is 24.1. The SMILES string of the molecule is CCC(C)NC(=O)C(Cc1ccccc1)N(Cc1cccc(Cl)c1)C(=O)CN(c1cc(C)ccc1OC)S(C)(=O)=O. The van der Waals surface area contributed by atoms with Crippen LogP contribution in [0.5, 0.6) is 5.75 Å². The molecule has 0 aliphatic rings. The van der Waals surface area contributed by atoms with Crippen LogP contribution in [0.1, 0.15) is 37.0 Å². The maximum atomic E-state index is 14.2. The topological polar surface area (TPSA) is 96.0 Å². The first-order valence-electron chi connectivity index (χ1n) is 13.4. The molecule has 41 heavy (non-hydrogen) atoms. The number of amides is 2. The number of halogens is 1. The Balaban J connectivity index is 2.10. The fourth-order valence-corrected chi connectivity index (χ4v) is 5.47. The molecule has 0 saturated carbocycles. The Bertz CT molecular complexity index is 1450. The van der Waals surface area contributed by atoms with Crippen molar-refractivity contribution >= 4 is 39.1 Å². The van der Waals surface area contributed by atoms with Gasteiger partial charge in [-0.25, -0.2) is 8.42 Å². The van der Waals surface area contributed by atoms with E-state index in [9.17, 15) is 18.0 Å². The number of carbonyl (C=O) groups excluding carboxylic acids is 2. The molecular formula is C31H38ClN3O5S. The summed E-state index contributed by atoms with van der Waals surface area (Å²) in [7, 11) is -2.48. The van der Waals surface area contributed by atoms with Crippen LogP contribution in [0.4, 0.5) is 5.69 Å². The normalized spacial score (nSPS) is 12.7. The molecule has 2 amide bonds. The lowest BCUT2D eigenvalue weighted by Gasteiger charge is -2.34. The molecule has 0 fully saturated rings. The number of hydrogen-bond acceptors (Lipinski definition) is 5. The molecule has 2 atom stereocenters. The van der Waals surface area contributed by atoms with Gasteiger partial charge in [0, 0.05) is 24.0 Å². The molecule has 0 aliphatic heterocycles. The molecule has 10 heteroatoms. The number of aryl methyl sites for hydroxylation is 1. The zero-order valence-corrected chi connectivity index (χ0v) is 25.7. The predicted octanol–water partition coefficient (Wildman–Crippen LogP) is 4.98. The molecule has 0 radical (unpaired) electrons. The summed E-state index contributed by atoms with van der Waals surface area (Å²) in [6.07, 6.45) is 1.99. The molecule has 0 spiro atoms. The van der Waals surface area contributed by atoms with Crippen molar-refractivity contribution in [3.05, 3.63) is 94.5 Å². The van der Waals surface area contributed by atoms with Crippen molar-refractivity contribution in [3.63, 3.8) is 0 Å². The van der Waals surface area contributed by atoms with Gasteiger partial charge >= 0.3 is 0 Å². The summed E-state index contributed by atoms with van der Waals surface area (Å²) in [5.74, 6) is -0.553. The lowest BCUT2D eigenvalue weighted by atomic mass is 10.0. The smallest absolute Gasteiger partial charge is 0.244 e. The number of nitrogens with zero attached hydrogens (tertiary/aromatic N) is 2. The second kappa shape index (κ2) is 14.4. The lowest BCUT2D eigenvalue weighted by molar-refractivity contribution is -0.140. The van der Waals surface area contributed by atoms with Gasteiger partial charge in [0.1, 0.15) is 18.3 Å². The van der Waals surface area contributed by atoms with Crippen molar-refractivity contribution in [1.82, 2.24) is 10.2 Å². The Labute approximate surface area is 248 Å². The van der Waals surface area contributed by atoms with E-state index in [4.69, 9.17) is 16.3 Å². The van der Waals surface area contributed by atoms with Gasteiger partial charge < -0.3 is 15.0 Å². The number of carbonyl (C=O) groups is 2.